The van der Waals surface area contributed by atoms with Crippen LogP contribution in [-0.2, 0) is 28.6 Å². The zero-order chi connectivity index (χ0) is 52.9. The molecule has 0 radical (unpaired) electrons. The Balaban J connectivity index is 3.97. The lowest BCUT2D eigenvalue weighted by molar-refractivity contribution is -0.167. The second-order valence-corrected chi connectivity index (χ2v) is 20.2. The van der Waals surface area contributed by atoms with Gasteiger partial charge in [-0.05, 0) is 96.3 Å². The Bertz CT molecular complexity index is 1440. The number of carbonyl (C=O) groups excluding carboxylic acids is 3. The van der Waals surface area contributed by atoms with Crippen LogP contribution < -0.4 is 0 Å². The lowest BCUT2D eigenvalue weighted by Gasteiger charge is -2.18. The SMILES string of the molecule is CC/C=C\C/C=C\C/C=C\C/C=C\C/C=C\C/C=C\CCCCCCCCCCCCCCCCCCC(=O)OCC(COC(=O)CCCCCCCC)OC(=O)CCCCCCC/C=C\C/C=C\CCCC. The molecule has 0 spiro atoms. The molecule has 0 saturated heterocycles. The highest BCUT2D eigenvalue weighted by atomic mass is 16.6. The molecular weight excluding hydrogens is 901 g/mol. The van der Waals surface area contributed by atoms with Crippen molar-refractivity contribution >= 4 is 17.9 Å². The molecule has 0 aliphatic rings. The fraction of sp³-hybridized carbons (Fsp3) is 0.716. The maximum absolute atomic E-state index is 12.8. The molecule has 73 heavy (non-hydrogen) atoms. The van der Waals surface area contributed by atoms with Gasteiger partial charge in [-0.2, -0.15) is 0 Å². The molecule has 0 aliphatic heterocycles. The predicted octanol–water partition coefficient (Wildman–Crippen LogP) is 20.9. The summed E-state index contributed by atoms with van der Waals surface area (Å²) in [6, 6.07) is 0. The zero-order valence-corrected chi connectivity index (χ0v) is 47.9. The third-order valence-electron chi connectivity index (χ3n) is 13.1. The normalized spacial score (nSPS) is 12.8. The third kappa shape index (κ3) is 59.1. The fourth-order valence-electron chi connectivity index (χ4n) is 8.46. The van der Waals surface area contributed by atoms with Gasteiger partial charge in [-0.1, -0.05) is 272 Å². The number of carbonyl (C=O) groups is 3. The van der Waals surface area contributed by atoms with Crippen LogP contribution in [0.2, 0.25) is 0 Å². The highest BCUT2D eigenvalue weighted by Crippen LogP contribution is 2.16. The Morgan fingerprint density at radius 2 is 0.548 bits per heavy atom. The van der Waals surface area contributed by atoms with Crippen LogP contribution in [0.1, 0.15) is 290 Å². The minimum absolute atomic E-state index is 0.0801. The third-order valence-corrected chi connectivity index (χ3v) is 13.1. The summed E-state index contributed by atoms with van der Waals surface area (Å²) < 4.78 is 16.7. The summed E-state index contributed by atoms with van der Waals surface area (Å²) in [7, 11) is 0. The van der Waals surface area contributed by atoms with E-state index in [1.165, 1.54) is 128 Å². The van der Waals surface area contributed by atoms with Crippen LogP contribution in [-0.4, -0.2) is 37.2 Å². The van der Waals surface area contributed by atoms with Gasteiger partial charge in [0.25, 0.3) is 0 Å². The molecule has 0 rings (SSSR count). The fourth-order valence-corrected chi connectivity index (χ4v) is 8.46. The second kappa shape index (κ2) is 60.9. The van der Waals surface area contributed by atoms with Crippen LogP contribution in [0, 0.1) is 0 Å². The van der Waals surface area contributed by atoms with Gasteiger partial charge in [-0.15, -0.1) is 0 Å². The van der Waals surface area contributed by atoms with Crippen molar-refractivity contribution in [2.24, 2.45) is 0 Å². The molecule has 0 aromatic heterocycles. The minimum atomic E-state index is -0.779. The quantitative estimate of drug-likeness (QED) is 0.0261. The maximum Gasteiger partial charge on any atom is 0.306 e. The summed E-state index contributed by atoms with van der Waals surface area (Å²) in [4.78, 5) is 37.9. The van der Waals surface area contributed by atoms with Crippen molar-refractivity contribution in [3.8, 4) is 0 Å². The maximum atomic E-state index is 12.8. The lowest BCUT2D eigenvalue weighted by Crippen LogP contribution is -2.30. The number of hydrogen-bond acceptors (Lipinski definition) is 6. The number of ether oxygens (including phenoxy) is 3. The molecule has 6 nitrogen and oxygen atoms in total. The first-order valence-electron chi connectivity index (χ1n) is 30.7. The van der Waals surface area contributed by atoms with Crippen LogP contribution >= 0.6 is 0 Å². The molecule has 0 heterocycles. The van der Waals surface area contributed by atoms with Gasteiger partial charge < -0.3 is 14.2 Å². The highest BCUT2D eigenvalue weighted by Gasteiger charge is 2.19. The molecule has 0 bridgehead atoms. The summed E-state index contributed by atoms with van der Waals surface area (Å²) in [6.07, 6.45) is 81.7. The topological polar surface area (TPSA) is 78.9 Å². The van der Waals surface area contributed by atoms with Gasteiger partial charge in [0.1, 0.15) is 13.2 Å². The van der Waals surface area contributed by atoms with E-state index in [1.54, 1.807) is 0 Å². The van der Waals surface area contributed by atoms with Gasteiger partial charge >= 0.3 is 17.9 Å². The van der Waals surface area contributed by atoms with Crippen molar-refractivity contribution < 1.29 is 28.6 Å². The highest BCUT2D eigenvalue weighted by molar-refractivity contribution is 5.71. The molecule has 0 amide bonds. The van der Waals surface area contributed by atoms with Crippen LogP contribution in [0.15, 0.2) is 97.2 Å². The van der Waals surface area contributed by atoms with Gasteiger partial charge in [0.15, 0.2) is 6.10 Å². The molecule has 0 aromatic carbocycles. The summed E-state index contributed by atoms with van der Waals surface area (Å²) >= 11 is 0. The Labute approximate surface area is 451 Å². The van der Waals surface area contributed by atoms with Crippen molar-refractivity contribution in [3.05, 3.63) is 97.2 Å². The second-order valence-electron chi connectivity index (χ2n) is 20.2. The summed E-state index contributed by atoms with van der Waals surface area (Å²) in [5.41, 5.74) is 0. The molecule has 0 saturated carbocycles. The van der Waals surface area contributed by atoms with Crippen LogP contribution in [0.25, 0.3) is 0 Å². The molecule has 1 unspecified atom stereocenters. The van der Waals surface area contributed by atoms with E-state index in [1.807, 2.05) is 0 Å². The van der Waals surface area contributed by atoms with E-state index in [0.717, 1.165) is 122 Å². The number of rotatable bonds is 55. The Kier molecular flexibility index (Phi) is 57.8. The van der Waals surface area contributed by atoms with Gasteiger partial charge in [-0.25, -0.2) is 0 Å². The van der Waals surface area contributed by atoms with E-state index in [0.29, 0.717) is 19.3 Å². The van der Waals surface area contributed by atoms with Crippen LogP contribution in [0.5, 0.6) is 0 Å². The average molecular weight is 1020 g/mol. The van der Waals surface area contributed by atoms with Gasteiger partial charge in [0, 0.05) is 19.3 Å². The molecule has 418 valence electrons. The van der Waals surface area contributed by atoms with E-state index in [-0.39, 0.29) is 31.1 Å². The van der Waals surface area contributed by atoms with Gasteiger partial charge in [0.2, 0.25) is 0 Å². The largest absolute Gasteiger partial charge is 0.462 e. The monoisotopic (exact) mass is 1010 g/mol. The van der Waals surface area contributed by atoms with E-state index in [4.69, 9.17) is 14.2 Å². The summed E-state index contributed by atoms with van der Waals surface area (Å²) in [5.74, 6) is -0.898. The van der Waals surface area contributed by atoms with Crippen molar-refractivity contribution in [2.45, 2.75) is 297 Å². The number of hydrogen-bond donors (Lipinski definition) is 0. The van der Waals surface area contributed by atoms with Crippen LogP contribution in [0.3, 0.4) is 0 Å². The van der Waals surface area contributed by atoms with Crippen molar-refractivity contribution in [1.29, 1.82) is 0 Å². The Morgan fingerprint density at radius 1 is 0.288 bits per heavy atom. The average Bonchev–Trinajstić information content (AvgIpc) is 3.39. The van der Waals surface area contributed by atoms with Crippen molar-refractivity contribution in [1.82, 2.24) is 0 Å². The predicted molar refractivity (Wildman–Crippen MR) is 316 cm³/mol. The van der Waals surface area contributed by atoms with Gasteiger partial charge in [-0.3, -0.25) is 14.4 Å². The Hall–Kier alpha value is -3.67. The molecular formula is C67H114O6. The molecule has 0 fully saturated rings. The standard InChI is InChI=1S/C67H114O6/c1-4-7-10-13-16-18-20-22-24-25-26-27-28-29-30-31-32-33-34-35-36-37-38-39-40-41-42-43-44-46-47-49-51-54-57-60-66(69)72-63-64(62-71-65(68)59-56-53-15-12-9-6-3)73-67(70)61-58-55-52-50-48-45-23-21-19-17-14-11-8-5-2/h7,10,14,16-18,21-24,26-27,29-30,32-33,64H,4-6,8-9,11-13,15,19-20,25,28,31,34-63H2,1-3H3/b10-7-,17-14-,18-16-,23-21-,24-22-,27-26-,30-29-,33-32-. The molecule has 0 aromatic rings. The summed E-state index contributed by atoms with van der Waals surface area (Å²) in [6.45, 7) is 6.42. The van der Waals surface area contributed by atoms with Crippen LogP contribution in [0.4, 0.5) is 0 Å². The molecule has 1 atom stereocenters. The minimum Gasteiger partial charge on any atom is -0.462 e. The number of allylic oxidation sites excluding steroid dienone is 16. The first kappa shape index (κ1) is 69.3. The van der Waals surface area contributed by atoms with Crippen molar-refractivity contribution in [3.63, 3.8) is 0 Å². The number of unbranched alkanes of at least 4 members (excludes halogenated alkanes) is 28. The van der Waals surface area contributed by atoms with E-state index < -0.39 is 6.10 Å². The molecule has 0 aliphatic carbocycles. The van der Waals surface area contributed by atoms with E-state index >= 15 is 0 Å². The lowest BCUT2D eigenvalue weighted by atomic mass is 10.0. The number of esters is 3. The zero-order valence-electron chi connectivity index (χ0n) is 47.9. The summed E-state index contributed by atoms with van der Waals surface area (Å²) in [5, 5.41) is 0. The first-order chi connectivity index (χ1) is 36.0. The first-order valence-corrected chi connectivity index (χ1v) is 30.7. The van der Waals surface area contributed by atoms with Crippen molar-refractivity contribution in [2.75, 3.05) is 13.2 Å². The van der Waals surface area contributed by atoms with E-state index in [9.17, 15) is 14.4 Å². The smallest absolute Gasteiger partial charge is 0.306 e. The van der Waals surface area contributed by atoms with Gasteiger partial charge in [0.05, 0.1) is 0 Å². The Morgan fingerprint density at radius 3 is 0.877 bits per heavy atom. The molecule has 0 N–H and O–H groups in total. The molecule has 6 heteroatoms. The van der Waals surface area contributed by atoms with E-state index in [2.05, 4.69) is 118 Å².